The highest BCUT2D eigenvalue weighted by molar-refractivity contribution is 5.26. The second kappa shape index (κ2) is 2.70. The molecule has 0 aromatic heterocycles. The molecular weight excluding hydrogens is 180 g/mol. The molecule has 15 heavy (non-hydrogen) atoms. The summed E-state index contributed by atoms with van der Waals surface area (Å²) in [4.78, 5) is 0. The van der Waals surface area contributed by atoms with E-state index in [1.807, 2.05) is 0 Å². The van der Waals surface area contributed by atoms with Gasteiger partial charge in [-0.15, -0.1) is 0 Å². The summed E-state index contributed by atoms with van der Waals surface area (Å²) < 4.78 is 0. The maximum absolute atomic E-state index is 4.37. The van der Waals surface area contributed by atoms with Crippen molar-refractivity contribution >= 4 is 0 Å². The van der Waals surface area contributed by atoms with Crippen molar-refractivity contribution in [3.63, 3.8) is 0 Å². The second-order valence-corrected chi connectivity index (χ2v) is 7.15. The average Bonchev–Trinajstić information content (AvgIpc) is 2.30. The van der Waals surface area contributed by atoms with Crippen molar-refractivity contribution in [1.29, 1.82) is 0 Å². The Hall–Kier alpha value is -0.260. The van der Waals surface area contributed by atoms with Gasteiger partial charge in [-0.05, 0) is 54.3 Å². The van der Waals surface area contributed by atoms with Gasteiger partial charge in [-0.25, -0.2) is 0 Å². The van der Waals surface area contributed by atoms with E-state index in [9.17, 15) is 0 Å². The number of allylic oxidation sites excluding steroid dienone is 1. The Labute approximate surface area is 94.1 Å². The van der Waals surface area contributed by atoms with Crippen molar-refractivity contribution in [2.24, 2.45) is 28.6 Å². The van der Waals surface area contributed by atoms with Crippen LogP contribution in [0, 0.1) is 28.6 Å². The lowest BCUT2D eigenvalue weighted by Crippen LogP contribution is -2.61. The summed E-state index contributed by atoms with van der Waals surface area (Å²) >= 11 is 0. The third-order valence-electron chi connectivity index (χ3n) is 6.01. The topological polar surface area (TPSA) is 0 Å². The molecule has 0 saturated heterocycles. The van der Waals surface area contributed by atoms with Crippen LogP contribution in [0.15, 0.2) is 12.2 Å². The number of fused-ring (bicyclic) bond motifs is 2. The Kier molecular flexibility index (Phi) is 1.79. The minimum atomic E-state index is 0.578. The number of rotatable bonds is 0. The predicted octanol–water partition coefficient (Wildman–Crippen LogP) is 4.42. The van der Waals surface area contributed by atoms with Crippen LogP contribution in [0.25, 0.3) is 0 Å². The van der Waals surface area contributed by atoms with E-state index in [1.54, 1.807) is 5.57 Å². The summed E-state index contributed by atoms with van der Waals surface area (Å²) in [7, 11) is 0. The molecule has 4 aliphatic rings. The molecular formula is C15H24. The van der Waals surface area contributed by atoms with E-state index in [0.717, 1.165) is 17.8 Å². The zero-order chi connectivity index (χ0) is 10.8. The monoisotopic (exact) mass is 204 g/mol. The van der Waals surface area contributed by atoms with Crippen molar-refractivity contribution in [3.8, 4) is 0 Å². The molecule has 4 unspecified atom stereocenters. The first-order chi connectivity index (χ1) is 6.97. The molecule has 0 amide bonds. The predicted molar refractivity (Wildman–Crippen MR) is 64.6 cm³/mol. The number of hydrogen-bond acceptors (Lipinski definition) is 0. The Balaban J connectivity index is 2.04. The summed E-state index contributed by atoms with van der Waals surface area (Å²) in [5.74, 6) is 2.85. The van der Waals surface area contributed by atoms with E-state index in [0.29, 0.717) is 10.8 Å². The summed E-state index contributed by atoms with van der Waals surface area (Å²) in [5, 5.41) is 0. The largest absolute Gasteiger partial charge is 0.0995 e. The summed E-state index contributed by atoms with van der Waals surface area (Å²) in [5.41, 5.74) is 2.81. The van der Waals surface area contributed by atoms with Gasteiger partial charge in [0, 0.05) is 0 Å². The third-order valence-corrected chi connectivity index (χ3v) is 6.01. The minimum Gasteiger partial charge on any atom is -0.0995 e. The van der Waals surface area contributed by atoms with Gasteiger partial charge in [0.05, 0.1) is 0 Å². The van der Waals surface area contributed by atoms with E-state index in [-0.39, 0.29) is 0 Å². The highest BCUT2D eigenvalue weighted by Gasteiger charge is 2.65. The molecule has 0 nitrogen and oxygen atoms in total. The quantitative estimate of drug-likeness (QED) is 0.513. The van der Waals surface area contributed by atoms with Crippen LogP contribution in [0.1, 0.15) is 52.9 Å². The molecule has 4 saturated carbocycles. The number of hydrogen-bond donors (Lipinski definition) is 0. The molecule has 4 atom stereocenters. The zero-order valence-corrected chi connectivity index (χ0v) is 10.5. The van der Waals surface area contributed by atoms with Crippen LogP contribution in [0.5, 0.6) is 0 Å². The van der Waals surface area contributed by atoms with Crippen LogP contribution in [0.3, 0.4) is 0 Å². The van der Waals surface area contributed by atoms with Crippen LogP contribution >= 0.6 is 0 Å². The molecule has 4 aliphatic carbocycles. The van der Waals surface area contributed by atoms with Crippen molar-refractivity contribution in [1.82, 2.24) is 0 Å². The molecule has 84 valence electrons. The van der Waals surface area contributed by atoms with Gasteiger partial charge in [0.1, 0.15) is 0 Å². The van der Waals surface area contributed by atoms with E-state index < -0.39 is 0 Å². The van der Waals surface area contributed by atoms with Gasteiger partial charge >= 0.3 is 0 Å². The van der Waals surface area contributed by atoms with Crippen LogP contribution in [0.4, 0.5) is 0 Å². The Morgan fingerprint density at radius 2 is 1.93 bits per heavy atom. The van der Waals surface area contributed by atoms with Gasteiger partial charge in [-0.3, -0.25) is 0 Å². The zero-order valence-electron chi connectivity index (χ0n) is 10.5. The first kappa shape index (κ1) is 9.93. The lowest BCUT2D eigenvalue weighted by molar-refractivity contribution is -0.153. The van der Waals surface area contributed by atoms with Gasteiger partial charge in [0.15, 0.2) is 0 Å². The van der Waals surface area contributed by atoms with E-state index in [2.05, 4.69) is 27.4 Å². The molecule has 0 N–H and O–H groups in total. The normalized spacial score (nSPS) is 51.9. The van der Waals surface area contributed by atoms with Gasteiger partial charge in [0.2, 0.25) is 0 Å². The smallest absolute Gasteiger partial charge is 0.0113 e. The summed E-state index contributed by atoms with van der Waals surface area (Å²) in [6, 6.07) is 0. The van der Waals surface area contributed by atoms with Gasteiger partial charge < -0.3 is 0 Å². The van der Waals surface area contributed by atoms with Crippen LogP contribution < -0.4 is 0 Å². The summed E-state index contributed by atoms with van der Waals surface area (Å²) in [6.45, 7) is 11.9. The Bertz CT molecular complexity index is 312. The lowest BCUT2D eigenvalue weighted by atomic mass is 9.37. The van der Waals surface area contributed by atoms with Crippen LogP contribution in [0.2, 0.25) is 0 Å². The Morgan fingerprint density at radius 1 is 1.20 bits per heavy atom. The van der Waals surface area contributed by atoms with E-state index in [4.69, 9.17) is 0 Å². The van der Waals surface area contributed by atoms with Gasteiger partial charge in [0.25, 0.3) is 0 Å². The summed E-state index contributed by atoms with van der Waals surface area (Å²) in [6.07, 6.45) is 7.09. The molecule has 0 aliphatic heterocycles. The molecule has 0 radical (unpaired) electrons. The molecule has 0 aromatic carbocycles. The van der Waals surface area contributed by atoms with E-state index in [1.165, 1.54) is 32.1 Å². The molecule has 4 rings (SSSR count). The molecule has 0 heteroatoms. The lowest BCUT2D eigenvalue weighted by Gasteiger charge is -2.67. The second-order valence-electron chi connectivity index (χ2n) is 7.15. The average molecular weight is 204 g/mol. The van der Waals surface area contributed by atoms with Crippen molar-refractivity contribution in [2.45, 2.75) is 52.9 Å². The van der Waals surface area contributed by atoms with Gasteiger partial charge in [-0.1, -0.05) is 39.3 Å². The SMILES string of the molecule is C=C1CCC2C3C1C2(C)CCCC3(C)C. The Morgan fingerprint density at radius 3 is 2.60 bits per heavy atom. The standard InChI is InChI=1S/C15H24/c1-10-6-7-11-13-12(10)15(11,4)9-5-8-14(13,2)3/h11-13H,1,5-9H2,2-4H3. The minimum absolute atomic E-state index is 0.578. The fraction of sp³-hybridized carbons (Fsp3) is 0.867. The fourth-order valence-corrected chi connectivity index (χ4v) is 5.32. The van der Waals surface area contributed by atoms with Crippen LogP contribution in [-0.2, 0) is 0 Å². The molecule has 4 bridgehead atoms. The van der Waals surface area contributed by atoms with Crippen molar-refractivity contribution in [2.75, 3.05) is 0 Å². The highest BCUT2D eigenvalue weighted by atomic mass is 14.7. The van der Waals surface area contributed by atoms with Gasteiger partial charge in [-0.2, -0.15) is 0 Å². The molecule has 4 fully saturated rings. The maximum atomic E-state index is 4.37. The molecule has 0 aromatic rings. The molecule has 0 spiro atoms. The first-order valence-electron chi connectivity index (χ1n) is 6.64. The highest BCUT2D eigenvalue weighted by Crippen LogP contribution is 2.73. The third kappa shape index (κ3) is 1.04. The van der Waals surface area contributed by atoms with Crippen molar-refractivity contribution < 1.29 is 0 Å². The van der Waals surface area contributed by atoms with E-state index >= 15 is 0 Å². The fourth-order valence-electron chi connectivity index (χ4n) is 5.32. The van der Waals surface area contributed by atoms with Crippen molar-refractivity contribution in [3.05, 3.63) is 12.2 Å². The first-order valence-corrected chi connectivity index (χ1v) is 6.64. The van der Waals surface area contributed by atoms with Crippen LogP contribution in [-0.4, -0.2) is 0 Å². The molecule has 0 heterocycles. The maximum Gasteiger partial charge on any atom is -0.0113 e.